The van der Waals surface area contributed by atoms with Gasteiger partial charge in [0.25, 0.3) is 11.8 Å². The third-order valence-corrected chi connectivity index (χ3v) is 8.11. The Labute approximate surface area is 273 Å². The molecule has 4 unspecified atom stereocenters. The predicted octanol–water partition coefficient (Wildman–Crippen LogP) is 0.870. The van der Waals surface area contributed by atoms with Gasteiger partial charge in [-0.3, -0.25) is 50.0 Å². The lowest BCUT2D eigenvalue weighted by atomic mass is 9.71. The Morgan fingerprint density at radius 1 is 0.646 bits per heavy atom. The van der Waals surface area contributed by atoms with Gasteiger partial charge < -0.3 is 20.8 Å². The molecule has 2 aromatic carbocycles. The molecule has 6 amide bonds. The molecule has 2 aliphatic rings. The van der Waals surface area contributed by atoms with E-state index in [2.05, 4.69) is 31.7 Å². The van der Waals surface area contributed by atoms with Crippen LogP contribution in [0.4, 0.5) is 22.7 Å². The van der Waals surface area contributed by atoms with E-state index in [1.165, 1.54) is 52.0 Å². The minimum absolute atomic E-state index is 0.288. The van der Waals surface area contributed by atoms with Crippen LogP contribution in [0.15, 0.2) is 58.7 Å². The Hall–Kier alpha value is -5.56. The number of nitrogens with zero attached hydrogens (tertiary/aromatic N) is 4. The highest BCUT2D eigenvalue weighted by atomic mass is 16.5. The number of hydrogen-bond donors (Lipinski definition) is 8. The number of anilines is 4. The van der Waals surface area contributed by atoms with Crippen LogP contribution in [0.5, 0.6) is 0 Å². The summed E-state index contributed by atoms with van der Waals surface area (Å²) in [6.07, 6.45) is -1.50. The number of hydrogen-bond acceptors (Lipinski definition) is 14. The highest BCUT2D eigenvalue weighted by molar-refractivity contribution is 6.45. The van der Waals surface area contributed by atoms with Gasteiger partial charge in [-0.1, -0.05) is 13.8 Å². The van der Waals surface area contributed by atoms with Crippen LogP contribution >= 0.6 is 0 Å². The summed E-state index contributed by atoms with van der Waals surface area (Å²) in [5.74, 6) is -8.75. The van der Waals surface area contributed by atoms with E-state index in [-0.39, 0.29) is 21.9 Å². The summed E-state index contributed by atoms with van der Waals surface area (Å²) in [6.45, 7) is 5.22. The minimum Gasteiger partial charge on any atom is -0.379 e. The molecule has 0 radical (unpaired) electrons. The largest absolute Gasteiger partial charge is 0.379 e. The number of nitrogens with one attached hydrogen (secondary N) is 4. The van der Waals surface area contributed by atoms with Crippen molar-refractivity contribution in [3.63, 3.8) is 0 Å². The van der Waals surface area contributed by atoms with Gasteiger partial charge in [-0.15, -0.1) is 10.1 Å². The third-order valence-electron chi connectivity index (χ3n) is 8.11. The lowest BCUT2D eigenvalue weighted by Crippen LogP contribution is -2.66. The predicted molar refractivity (Wildman–Crippen MR) is 168 cm³/mol. The van der Waals surface area contributed by atoms with Crippen molar-refractivity contribution < 1.29 is 49.4 Å². The smallest absolute Gasteiger partial charge is 0.301 e. The van der Waals surface area contributed by atoms with Gasteiger partial charge in [0.05, 0.1) is 11.4 Å². The van der Waals surface area contributed by atoms with Crippen LogP contribution < -0.4 is 21.5 Å². The van der Waals surface area contributed by atoms with Gasteiger partial charge in [-0.2, -0.15) is 10.2 Å². The molecule has 0 spiro atoms. The maximum atomic E-state index is 13.0. The molecule has 254 valence electrons. The van der Waals surface area contributed by atoms with Crippen molar-refractivity contribution in [2.24, 2.45) is 22.0 Å². The highest BCUT2D eigenvalue weighted by Gasteiger charge is 2.59. The second kappa shape index (κ2) is 13.7. The van der Waals surface area contributed by atoms with Gasteiger partial charge in [-0.25, -0.2) is 0 Å². The molecule has 2 saturated heterocycles. The highest BCUT2D eigenvalue weighted by Crippen LogP contribution is 2.38. The van der Waals surface area contributed by atoms with Crippen LogP contribution in [0.25, 0.3) is 0 Å². The first kappa shape index (κ1) is 35.3. The molecule has 48 heavy (non-hydrogen) atoms. The minimum atomic E-state index is -2.60. The zero-order valence-corrected chi connectivity index (χ0v) is 26.2. The number of carbonyl (C=O) groups is 6. The van der Waals surface area contributed by atoms with E-state index in [1.807, 2.05) is 0 Å². The number of hydrazone groups is 2. The van der Waals surface area contributed by atoms with Crippen LogP contribution in [0.2, 0.25) is 0 Å². The monoisotopic (exact) mass is 666 g/mol. The number of piperidine rings is 2. The zero-order valence-electron chi connectivity index (χ0n) is 26.2. The molecule has 18 nitrogen and oxygen atoms in total. The Morgan fingerprint density at radius 2 is 0.938 bits per heavy atom. The molecule has 4 rings (SSSR count). The maximum Gasteiger partial charge on any atom is 0.301 e. The van der Waals surface area contributed by atoms with Gasteiger partial charge in [0.2, 0.25) is 11.8 Å². The van der Waals surface area contributed by atoms with Crippen LogP contribution in [-0.2, 0) is 28.8 Å². The first-order valence-corrected chi connectivity index (χ1v) is 14.5. The molecular formula is C30H34N8O10. The first-order chi connectivity index (χ1) is 22.5. The number of amides is 6. The number of carbonyl (C=O) groups excluding carboxylic acids is 6. The van der Waals surface area contributed by atoms with Crippen molar-refractivity contribution in [2.45, 2.75) is 51.7 Å². The van der Waals surface area contributed by atoms with Gasteiger partial charge in [0.1, 0.15) is 11.4 Å². The molecule has 2 aromatic rings. The molecule has 0 aromatic heterocycles. The van der Waals surface area contributed by atoms with Gasteiger partial charge in [0, 0.05) is 37.1 Å². The van der Waals surface area contributed by atoms with Crippen molar-refractivity contribution in [3.05, 3.63) is 48.5 Å². The second-order valence-electron chi connectivity index (χ2n) is 11.4. The second-order valence-corrected chi connectivity index (χ2v) is 11.4. The molecule has 8 N–H and O–H groups in total. The van der Waals surface area contributed by atoms with Crippen LogP contribution in [0, 0.1) is 11.8 Å². The van der Waals surface area contributed by atoms with Crippen LogP contribution in [-0.4, -0.2) is 88.8 Å². The normalized spacial score (nSPS) is 26.2. The number of aliphatic hydroxyl groups is 2. The molecule has 0 aliphatic carbocycles. The fourth-order valence-corrected chi connectivity index (χ4v) is 5.19. The van der Waals surface area contributed by atoms with E-state index in [9.17, 15) is 49.4 Å². The van der Waals surface area contributed by atoms with Gasteiger partial charge in [-0.05, 0) is 61.4 Å². The summed E-state index contributed by atoms with van der Waals surface area (Å²) < 4.78 is 0. The van der Waals surface area contributed by atoms with E-state index in [1.54, 1.807) is 24.3 Å². The maximum absolute atomic E-state index is 13.0. The third kappa shape index (κ3) is 6.91. The van der Waals surface area contributed by atoms with Gasteiger partial charge >= 0.3 is 11.8 Å². The Balaban J connectivity index is 1.55. The summed E-state index contributed by atoms with van der Waals surface area (Å²) >= 11 is 0. The number of benzene rings is 2. The molecular weight excluding hydrogens is 632 g/mol. The quantitative estimate of drug-likeness (QED) is 0.105. The summed E-state index contributed by atoms with van der Waals surface area (Å²) in [5, 5.41) is 56.1. The number of hydroxylamine groups is 4. The summed E-state index contributed by atoms with van der Waals surface area (Å²) in [4.78, 5) is 74.1. The van der Waals surface area contributed by atoms with E-state index in [4.69, 9.17) is 0 Å². The van der Waals surface area contributed by atoms with E-state index >= 15 is 0 Å². The van der Waals surface area contributed by atoms with E-state index < -0.39 is 70.9 Å². The Morgan fingerprint density at radius 3 is 1.23 bits per heavy atom. The Bertz CT molecular complexity index is 1590. The SMILES string of the molecule is CC(=O)Nc1ccc(NN=C2C(=O)N(O)C(=O)C(O)(CCC3(O)C(=O)N(O)C(=O)C(=NNc4ccc(NC(C)=O)cc4)C3C)C2C)cc1. The average molecular weight is 667 g/mol. The molecule has 2 aliphatic heterocycles. The molecule has 0 saturated carbocycles. The summed E-state index contributed by atoms with van der Waals surface area (Å²) in [6, 6.07) is 12.3. The zero-order chi connectivity index (χ0) is 35.6. The topological polar surface area (TPSA) is 263 Å². The summed E-state index contributed by atoms with van der Waals surface area (Å²) in [7, 11) is 0. The van der Waals surface area contributed by atoms with E-state index in [0.29, 0.717) is 22.7 Å². The standard InChI is InChI=1S/C30H34N8O10/c1-15-23(35-33-21-9-5-19(6-10-21)31-17(3)39)25(41)37(47)27(43)29(15,45)13-14-30(46)16(2)24(26(42)38(48)28(30)44)36-34-22-11-7-20(8-12-22)32-18(4)40/h5-12,15-16,33-34,45-48H,13-14H2,1-4H3,(H,31,39)(H,32,40). The van der Waals surface area contributed by atoms with Crippen molar-refractivity contribution in [1.82, 2.24) is 10.1 Å². The molecule has 4 atom stereocenters. The molecule has 2 fully saturated rings. The Kier molecular flexibility index (Phi) is 10.0. The fourth-order valence-electron chi connectivity index (χ4n) is 5.19. The van der Waals surface area contributed by atoms with E-state index in [0.717, 1.165) is 0 Å². The van der Waals surface area contributed by atoms with Crippen molar-refractivity contribution in [2.75, 3.05) is 21.5 Å². The fraction of sp³-hybridized carbons (Fsp3) is 0.333. The van der Waals surface area contributed by atoms with Crippen molar-refractivity contribution >= 4 is 69.6 Å². The first-order valence-electron chi connectivity index (χ1n) is 14.5. The average Bonchev–Trinajstić information content (AvgIpc) is 3.05. The molecule has 0 bridgehead atoms. The van der Waals surface area contributed by atoms with Gasteiger partial charge in [0.15, 0.2) is 11.2 Å². The van der Waals surface area contributed by atoms with Crippen molar-refractivity contribution in [1.29, 1.82) is 0 Å². The lowest BCUT2D eigenvalue weighted by molar-refractivity contribution is -0.203. The van der Waals surface area contributed by atoms with Crippen molar-refractivity contribution in [3.8, 4) is 0 Å². The van der Waals surface area contributed by atoms with Crippen LogP contribution in [0.1, 0.15) is 40.5 Å². The number of rotatable bonds is 9. The lowest BCUT2D eigenvalue weighted by Gasteiger charge is -2.43. The molecule has 2 heterocycles. The van der Waals surface area contributed by atoms with Crippen LogP contribution in [0.3, 0.4) is 0 Å². The summed E-state index contributed by atoms with van der Waals surface area (Å²) in [5.41, 5.74) is 0.675. The number of imide groups is 2. The molecule has 18 heteroatoms.